The van der Waals surface area contributed by atoms with E-state index in [-0.39, 0.29) is 11.5 Å². The maximum Gasteiger partial charge on any atom is 0.163 e. The van der Waals surface area contributed by atoms with Crippen LogP contribution in [0.5, 0.6) is 0 Å². The van der Waals surface area contributed by atoms with Crippen molar-refractivity contribution in [3.8, 4) is 23.1 Å². The summed E-state index contributed by atoms with van der Waals surface area (Å²) in [6, 6.07) is 9.84. The Hall–Kier alpha value is -3.07. The first-order valence-electron chi connectivity index (χ1n) is 7.59. The predicted molar refractivity (Wildman–Crippen MR) is 88.1 cm³/mol. The normalized spacial score (nSPS) is 10.8. The number of nitriles is 1. The lowest BCUT2D eigenvalue weighted by Gasteiger charge is -2.07. The molecule has 0 aliphatic heterocycles. The molecule has 0 unspecified atom stereocenters. The zero-order chi connectivity index (χ0) is 17.3. The maximum absolute atomic E-state index is 13.8. The number of nitrogens with zero attached hydrogens (tertiary/aromatic N) is 5. The molecule has 1 aromatic carbocycles. The van der Waals surface area contributed by atoms with Crippen molar-refractivity contribution < 1.29 is 4.39 Å². The summed E-state index contributed by atoms with van der Waals surface area (Å²) in [6.45, 7) is 5.88. The van der Waals surface area contributed by atoms with E-state index in [1.165, 1.54) is 12.1 Å². The van der Waals surface area contributed by atoms with Crippen molar-refractivity contribution in [3.05, 3.63) is 59.4 Å². The lowest BCUT2D eigenvalue weighted by Crippen LogP contribution is -2.01. The second-order valence-corrected chi connectivity index (χ2v) is 5.86. The van der Waals surface area contributed by atoms with Crippen LogP contribution in [-0.2, 0) is 0 Å². The average molecular weight is 321 g/mol. The van der Waals surface area contributed by atoms with Gasteiger partial charge in [0.25, 0.3) is 0 Å². The summed E-state index contributed by atoms with van der Waals surface area (Å²) in [5.74, 6) is 0.801. The first-order valence-corrected chi connectivity index (χ1v) is 7.59. The molecule has 0 amide bonds. The van der Waals surface area contributed by atoms with Crippen molar-refractivity contribution in [1.29, 1.82) is 5.26 Å². The minimum absolute atomic E-state index is 0.122. The Labute approximate surface area is 139 Å². The van der Waals surface area contributed by atoms with Crippen molar-refractivity contribution >= 4 is 0 Å². The molecule has 5 nitrogen and oxygen atoms in total. The molecule has 0 saturated heterocycles. The molecule has 3 rings (SSSR count). The molecule has 0 aliphatic rings. The van der Waals surface area contributed by atoms with Gasteiger partial charge in [-0.2, -0.15) is 10.4 Å². The molecule has 2 aromatic heterocycles. The number of halogens is 1. The Balaban J connectivity index is 2.24. The minimum Gasteiger partial charge on any atom is -0.261 e. The van der Waals surface area contributed by atoms with Gasteiger partial charge in [0.1, 0.15) is 5.82 Å². The van der Waals surface area contributed by atoms with Crippen LogP contribution in [0.3, 0.4) is 0 Å². The molecule has 3 aromatic rings. The molecule has 0 aliphatic carbocycles. The first-order chi connectivity index (χ1) is 11.5. The van der Waals surface area contributed by atoms with Crippen molar-refractivity contribution in [2.75, 3.05) is 0 Å². The van der Waals surface area contributed by atoms with Crippen molar-refractivity contribution in [1.82, 2.24) is 19.7 Å². The van der Waals surface area contributed by atoms with Crippen molar-refractivity contribution in [3.63, 3.8) is 0 Å². The smallest absolute Gasteiger partial charge is 0.163 e. The van der Waals surface area contributed by atoms with E-state index >= 15 is 0 Å². The van der Waals surface area contributed by atoms with Gasteiger partial charge in [-0.3, -0.25) is 4.98 Å². The van der Waals surface area contributed by atoms with E-state index in [9.17, 15) is 4.39 Å². The number of pyridine rings is 1. The number of hydrogen-bond donors (Lipinski definition) is 0. The third-order valence-corrected chi connectivity index (χ3v) is 3.55. The van der Waals surface area contributed by atoms with Crippen LogP contribution in [0.2, 0.25) is 0 Å². The van der Waals surface area contributed by atoms with Gasteiger partial charge in [-0.05, 0) is 37.3 Å². The second kappa shape index (κ2) is 6.20. The molecule has 0 radical (unpaired) electrons. The van der Waals surface area contributed by atoms with Crippen LogP contribution in [0.4, 0.5) is 4.39 Å². The fourth-order valence-corrected chi connectivity index (χ4v) is 2.39. The summed E-state index contributed by atoms with van der Waals surface area (Å²) < 4.78 is 15.5. The molecule has 2 heterocycles. The lowest BCUT2D eigenvalue weighted by molar-refractivity contribution is 0.627. The van der Waals surface area contributed by atoms with Crippen LogP contribution in [0, 0.1) is 24.1 Å². The van der Waals surface area contributed by atoms with E-state index < -0.39 is 5.82 Å². The van der Waals surface area contributed by atoms with Gasteiger partial charge in [-0.15, -0.1) is 0 Å². The van der Waals surface area contributed by atoms with Crippen molar-refractivity contribution in [2.45, 2.75) is 26.7 Å². The summed E-state index contributed by atoms with van der Waals surface area (Å²) >= 11 is 0. The minimum atomic E-state index is -0.476. The fourth-order valence-electron chi connectivity index (χ4n) is 2.39. The highest BCUT2D eigenvalue weighted by Gasteiger charge is 2.17. The lowest BCUT2D eigenvalue weighted by atomic mass is 10.1. The number of benzene rings is 1. The van der Waals surface area contributed by atoms with E-state index in [0.717, 1.165) is 11.4 Å². The molecule has 0 N–H and O–H groups in total. The van der Waals surface area contributed by atoms with Gasteiger partial charge in [-0.25, -0.2) is 14.1 Å². The Kier molecular flexibility index (Phi) is 4.09. The van der Waals surface area contributed by atoms with E-state index in [4.69, 9.17) is 5.26 Å². The molecule has 0 bridgehead atoms. The zero-order valence-corrected chi connectivity index (χ0v) is 13.7. The fraction of sp³-hybridized carbons (Fsp3) is 0.222. The summed E-state index contributed by atoms with van der Waals surface area (Å²) in [7, 11) is 0. The highest BCUT2D eigenvalue weighted by molar-refractivity contribution is 5.61. The highest BCUT2D eigenvalue weighted by Crippen LogP contribution is 2.25. The topological polar surface area (TPSA) is 67.4 Å². The molecule has 0 fully saturated rings. The van der Waals surface area contributed by atoms with Crippen LogP contribution < -0.4 is 0 Å². The Morgan fingerprint density at radius 3 is 2.67 bits per heavy atom. The number of aromatic nitrogens is 4. The molecular formula is C18H16FN5. The van der Waals surface area contributed by atoms with E-state index in [1.54, 1.807) is 16.9 Å². The van der Waals surface area contributed by atoms with E-state index in [1.807, 2.05) is 39.0 Å². The third-order valence-electron chi connectivity index (χ3n) is 3.55. The molecule has 6 heteroatoms. The standard InChI is InChI=1S/C18H16FN5/c1-11(2)17-22-18(14-7-13(10-20)8-15(19)9-14)24(23-17)16-4-5-21-12(3)6-16/h4-9,11H,1-3H3. The summed E-state index contributed by atoms with van der Waals surface area (Å²) in [5, 5.41) is 13.6. The molecule has 24 heavy (non-hydrogen) atoms. The van der Waals surface area contributed by atoms with Crippen LogP contribution in [0.25, 0.3) is 17.1 Å². The maximum atomic E-state index is 13.8. The summed E-state index contributed by atoms with van der Waals surface area (Å²) in [5.41, 5.74) is 2.40. The Morgan fingerprint density at radius 2 is 2.00 bits per heavy atom. The Morgan fingerprint density at radius 1 is 1.21 bits per heavy atom. The number of hydrogen-bond acceptors (Lipinski definition) is 4. The van der Waals surface area contributed by atoms with Crippen LogP contribution in [0.15, 0.2) is 36.5 Å². The Bertz CT molecular complexity index is 937. The zero-order valence-electron chi connectivity index (χ0n) is 13.7. The van der Waals surface area contributed by atoms with Gasteiger partial charge in [-0.1, -0.05) is 13.8 Å². The SMILES string of the molecule is Cc1cc(-n2nc(C(C)C)nc2-c2cc(F)cc(C#N)c2)ccn1. The van der Waals surface area contributed by atoms with Gasteiger partial charge >= 0.3 is 0 Å². The predicted octanol–water partition coefficient (Wildman–Crippen LogP) is 3.77. The van der Waals surface area contributed by atoms with Gasteiger partial charge in [0.05, 0.1) is 17.3 Å². The van der Waals surface area contributed by atoms with Gasteiger partial charge in [0.2, 0.25) is 0 Å². The van der Waals surface area contributed by atoms with Crippen LogP contribution >= 0.6 is 0 Å². The largest absolute Gasteiger partial charge is 0.261 e. The third kappa shape index (κ3) is 3.01. The monoisotopic (exact) mass is 321 g/mol. The molecular weight excluding hydrogens is 305 g/mol. The van der Waals surface area contributed by atoms with Crippen LogP contribution in [0.1, 0.15) is 36.8 Å². The number of aryl methyl sites for hydroxylation is 1. The molecule has 0 atom stereocenters. The van der Waals surface area contributed by atoms with E-state index in [2.05, 4.69) is 15.1 Å². The van der Waals surface area contributed by atoms with Gasteiger partial charge in [0.15, 0.2) is 11.6 Å². The average Bonchev–Trinajstić information content (AvgIpc) is 3.00. The van der Waals surface area contributed by atoms with Gasteiger partial charge in [0, 0.05) is 23.4 Å². The van der Waals surface area contributed by atoms with Crippen molar-refractivity contribution in [2.24, 2.45) is 0 Å². The first kappa shape index (κ1) is 15.8. The molecule has 0 saturated carbocycles. The number of rotatable bonds is 3. The molecule has 120 valence electrons. The second-order valence-electron chi connectivity index (χ2n) is 5.86. The summed E-state index contributed by atoms with van der Waals surface area (Å²) in [6.07, 6.45) is 1.69. The summed E-state index contributed by atoms with van der Waals surface area (Å²) in [4.78, 5) is 8.74. The van der Waals surface area contributed by atoms with Gasteiger partial charge < -0.3 is 0 Å². The molecule has 0 spiro atoms. The van der Waals surface area contributed by atoms with Crippen LogP contribution in [-0.4, -0.2) is 19.7 Å². The highest BCUT2D eigenvalue weighted by atomic mass is 19.1. The van der Waals surface area contributed by atoms with E-state index in [0.29, 0.717) is 17.2 Å². The quantitative estimate of drug-likeness (QED) is 0.736.